The van der Waals surface area contributed by atoms with Crippen LogP contribution in [-0.2, 0) is 43.9 Å². The average Bonchev–Trinajstić information content (AvgIpc) is 2.87. The van der Waals surface area contributed by atoms with Crippen molar-refractivity contribution in [1.29, 1.82) is 0 Å². The molecule has 0 aromatic rings. The molecule has 0 aliphatic rings. The fourth-order valence-electron chi connectivity index (χ4n) is 4.96. The molecule has 2 amide bonds. The van der Waals surface area contributed by atoms with Gasteiger partial charge in [0.2, 0.25) is 11.8 Å². The van der Waals surface area contributed by atoms with Crippen molar-refractivity contribution in [3.05, 3.63) is 24.3 Å². The number of rotatable bonds is 26. The summed E-state index contributed by atoms with van der Waals surface area (Å²) in [5.41, 5.74) is -0.347. The van der Waals surface area contributed by atoms with E-state index in [2.05, 4.69) is 142 Å². The maximum atomic E-state index is 11.9. The molecule has 0 aromatic heterocycles. The quantitative estimate of drug-likeness (QED) is 0.0649. The van der Waals surface area contributed by atoms with Gasteiger partial charge < -0.3 is 50.3 Å². The first-order valence-electron chi connectivity index (χ1n) is 19.2. The van der Waals surface area contributed by atoms with Crippen LogP contribution in [0.25, 0.3) is 0 Å². The van der Waals surface area contributed by atoms with Gasteiger partial charge in [-0.05, 0) is 136 Å². The van der Waals surface area contributed by atoms with Crippen LogP contribution in [0, 0.1) is 0 Å². The van der Waals surface area contributed by atoms with Gasteiger partial charge in [0.25, 0.3) is 0 Å². The Bertz CT molecular complexity index is 1150. The molecule has 0 saturated carbocycles. The van der Waals surface area contributed by atoms with Crippen LogP contribution in [-0.4, -0.2) is 109 Å². The Kier molecular flexibility index (Phi) is 26.9. The summed E-state index contributed by atoms with van der Waals surface area (Å²) < 4.78 is 39.4. The number of carboxylic acid groups (broad SMARTS) is 2. The molecule has 0 aromatic carbocycles. The zero-order chi connectivity index (χ0) is 44.8. The predicted octanol–water partition coefficient (Wildman–Crippen LogP) is 3.70. The van der Waals surface area contributed by atoms with E-state index in [1.807, 2.05) is 0 Å². The van der Waals surface area contributed by atoms with Gasteiger partial charge in [-0.2, -0.15) is 0 Å². The third kappa shape index (κ3) is 35.2. The van der Waals surface area contributed by atoms with Crippen LogP contribution >= 0.6 is 0 Å². The van der Waals surface area contributed by atoms with E-state index in [0.29, 0.717) is 38.0 Å². The number of hydrogen-bond acceptors (Lipinski definition) is 11. The molecule has 0 fully saturated rings. The minimum atomic E-state index is -2.91. The smallest absolute Gasteiger partial charge is 0.545 e. The second-order valence-corrected chi connectivity index (χ2v) is 53.7. The Morgan fingerprint density at radius 3 is 0.912 bits per heavy atom. The maximum Gasteiger partial charge on any atom is 1.00 e. The number of carbonyl (C=O) groups is 4. The standard InChI is InChI=1S/2C17H39NO6Si4.Na/c2*1-15(17(20)21)14-16(19)18-12-11-13-28(22-25(2,3)4,23-26(5,6)7)24-27(8,9)10;/h2*1,11-14H2,2-10H3,(H,18,19)(H,20,21);/q;;+1/p-1. The summed E-state index contributed by atoms with van der Waals surface area (Å²) >= 11 is 0. The van der Waals surface area contributed by atoms with Gasteiger partial charge in [0, 0.05) is 30.8 Å². The van der Waals surface area contributed by atoms with Crippen LogP contribution in [0.1, 0.15) is 25.7 Å². The molecule has 0 atom stereocenters. The van der Waals surface area contributed by atoms with E-state index in [1.54, 1.807) is 0 Å². The fraction of sp³-hybridized carbons (Fsp3) is 0.765. The van der Waals surface area contributed by atoms with E-state index in [0.717, 1.165) is 0 Å². The molecule has 23 heteroatoms. The van der Waals surface area contributed by atoms with Crippen molar-refractivity contribution in [2.45, 2.75) is 156 Å². The first kappa shape index (κ1) is 61.2. The average molecular weight is 954 g/mol. The Morgan fingerprint density at radius 1 is 0.491 bits per heavy atom. The molecule has 14 nitrogen and oxygen atoms in total. The summed E-state index contributed by atoms with van der Waals surface area (Å²) in [5, 5.41) is 25.0. The van der Waals surface area contributed by atoms with Crippen LogP contribution in [0.2, 0.25) is 130 Å². The molecule has 0 radical (unpaired) electrons. The minimum Gasteiger partial charge on any atom is -0.545 e. The third-order valence-electron chi connectivity index (χ3n) is 6.07. The Hall–Kier alpha value is -0.145. The van der Waals surface area contributed by atoms with Gasteiger partial charge in [-0.25, -0.2) is 4.79 Å². The van der Waals surface area contributed by atoms with E-state index in [4.69, 9.17) is 29.8 Å². The number of amides is 2. The van der Waals surface area contributed by atoms with Crippen molar-refractivity contribution in [3.63, 3.8) is 0 Å². The molecule has 0 saturated heterocycles. The van der Waals surface area contributed by atoms with E-state index in [9.17, 15) is 24.3 Å². The number of aliphatic carboxylic acids is 2. The molecule has 0 rings (SSSR count). The van der Waals surface area contributed by atoms with Gasteiger partial charge in [-0.3, -0.25) is 9.59 Å². The largest absolute Gasteiger partial charge is 1.00 e. The molecular weight excluding hydrogens is 876 g/mol. The zero-order valence-electron chi connectivity index (χ0n) is 39.0. The normalized spacial score (nSPS) is 13.1. The van der Waals surface area contributed by atoms with Crippen molar-refractivity contribution >= 4 is 91.3 Å². The van der Waals surface area contributed by atoms with Gasteiger partial charge in [0.15, 0.2) is 49.9 Å². The number of nitrogens with one attached hydrogen (secondary N) is 2. The molecule has 0 aliphatic heterocycles. The second kappa shape index (κ2) is 25.1. The van der Waals surface area contributed by atoms with Crippen molar-refractivity contribution in [2.24, 2.45) is 0 Å². The summed E-state index contributed by atoms with van der Waals surface area (Å²) in [6, 6.07) is 1.25. The zero-order valence-corrected chi connectivity index (χ0v) is 49.0. The summed E-state index contributed by atoms with van der Waals surface area (Å²) in [4.78, 5) is 45.2. The molecule has 328 valence electrons. The maximum absolute atomic E-state index is 11.9. The van der Waals surface area contributed by atoms with E-state index < -0.39 is 79.5 Å². The SMILES string of the molecule is C=C(CC(=O)NCCC[Si](O[Si](C)(C)C)(O[Si](C)(C)C)O[Si](C)(C)C)C(=O)O.C=C(CC(=O)NCCC[Si](O[Si](C)(C)C)(O[Si](C)(C)C)O[Si](C)(C)C)C(=O)[O-].[Na+]. The molecule has 0 aliphatic carbocycles. The van der Waals surface area contributed by atoms with Gasteiger partial charge in [-0.1, -0.05) is 13.2 Å². The van der Waals surface area contributed by atoms with Crippen LogP contribution in [0.3, 0.4) is 0 Å². The molecule has 0 bridgehead atoms. The molecule has 0 unspecified atom stereocenters. The monoisotopic (exact) mass is 952 g/mol. The van der Waals surface area contributed by atoms with Crippen LogP contribution in [0.5, 0.6) is 0 Å². The van der Waals surface area contributed by atoms with Crippen molar-refractivity contribution in [2.75, 3.05) is 13.1 Å². The van der Waals surface area contributed by atoms with Crippen LogP contribution < -0.4 is 45.3 Å². The van der Waals surface area contributed by atoms with Crippen molar-refractivity contribution in [1.82, 2.24) is 10.6 Å². The predicted molar refractivity (Wildman–Crippen MR) is 243 cm³/mol. The number of carboxylic acids is 2. The van der Waals surface area contributed by atoms with E-state index in [-0.39, 0.29) is 65.4 Å². The van der Waals surface area contributed by atoms with Crippen molar-refractivity contribution in [3.8, 4) is 0 Å². The topological polar surface area (TPSA) is 191 Å². The Balaban J connectivity index is -0.00000101. The second-order valence-electron chi connectivity index (χ2n) is 19.7. The molecule has 57 heavy (non-hydrogen) atoms. The van der Waals surface area contributed by atoms with E-state index >= 15 is 0 Å². The summed E-state index contributed by atoms with van der Waals surface area (Å²) in [5.74, 6) is -3.29. The first-order valence-corrected chi connectivity index (χ1v) is 43.5. The van der Waals surface area contributed by atoms with Gasteiger partial charge in [0.05, 0.1) is 18.8 Å². The summed E-state index contributed by atoms with van der Waals surface area (Å²) in [6.07, 6.45) is 0.805. The minimum absolute atomic E-state index is 0. The molecular formula is C34H77N2NaO12Si8. The first-order chi connectivity index (χ1) is 24.7. The van der Waals surface area contributed by atoms with Crippen LogP contribution in [0.4, 0.5) is 0 Å². The van der Waals surface area contributed by atoms with Crippen LogP contribution in [0.15, 0.2) is 24.3 Å². The Morgan fingerprint density at radius 2 is 0.719 bits per heavy atom. The number of carbonyl (C=O) groups excluding carboxylic acids is 3. The Labute approximate surface area is 375 Å². The van der Waals surface area contributed by atoms with Crippen molar-refractivity contribution < 1.29 is 83.6 Å². The van der Waals surface area contributed by atoms with E-state index in [1.165, 1.54) is 0 Å². The fourth-order valence-corrected chi connectivity index (χ4v) is 34.3. The summed E-state index contributed by atoms with van der Waals surface area (Å²) in [6.45, 7) is 45.9. The third-order valence-corrected chi connectivity index (χ3v) is 30.2. The van der Waals surface area contributed by atoms with Gasteiger partial charge >= 0.3 is 53.1 Å². The number of hydrogen-bond donors (Lipinski definition) is 3. The molecule has 0 spiro atoms. The van der Waals surface area contributed by atoms with Gasteiger partial charge in [0.1, 0.15) is 0 Å². The molecule has 0 heterocycles. The molecule has 3 N–H and O–H groups in total. The van der Waals surface area contributed by atoms with Gasteiger partial charge in [-0.15, -0.1) is 0 Å². The summed E-state index contributed by atoms with van der Waals surface area (Å²) in [7, 11) is -17.3.